The van der Waals surface area contributed by atoms with Crippen LogP contribution in [0.3, 0.4) is 0 Å². The molecular formula is C19H28N3O4. The van der Waals surface area contributed by atoms with Crippen molar-refractivity contribution >= 4 is 18.2 Å². The molecule has 1 rings (SSSR count). The minimum atomic E-state index is -0.880. The van der Waals surface area contributed by atoms with Gasteiger partial charge in [0.1, 0.15) is 12.6 Å². The highest BCUT2D eigenvalue weighted by Crippen LogP contribution is 2.08. The van der Waals surface area contributed by atoms with Gasteiger partial charge in [0.2, 0.25) is 12.2 Å². The fraction of sp³-hybridized carbons (Fsp3) is 0.526. The van der Waals surface area contributed by atoms with Gasteiger partial charge in [-0.05, 0) is 24.3 Å². The number of amides is 1. The monoisotopic (exact) mass is 362 g/mol. The molecular weight excluding hydrogens is 334 g/mol. The van der Waals surface area contributed by atoms with Crippen molar-refractivity contribution in [2.45, 2.75) is 57.8 Å². The van der Waals surface area contributed by atoms with Crippen LogP contribution in [-0.2, 0) is 25.7 Å². The molecule has 1 aromatic rings. The van der Waals surface area contributed by atoms with Crippen LogP contribution in [-0.4, -0.2) is 36.3 Å². The summed E-state index contributed by atoms with van der Waals surface area (Å²) in [6.45, 7) is 3.93. The lowest BCUT2D eigenvalue weighted by atomic mass is 9.98. The molecule has 4 atom stereocenters. The van der Waals surface area contributed by atoms with Crippen LogP contribution >= 0.6 is 0 Å². The molecule has 143 valence electrons. The Hall–Kier alpha value is -2.25. The largest absolute Gasteiger partial charge is 0.460 e. The van der Waals surface area contributed by atoms with Gasteiger partial charge in [-0.2, -0.15) is 0 Å². The summed E-state index contributed by atoms with van der Waals surface area (Å²) in [5.41, 5.74) is 12.5. The van der Waals surface area contributed by atoms with Gasteiger partial charge in [-0.3, -0.25) is 14.4 Å². The summed E-state index contributed by atoms with van der Waals surface area (Å²) in [6, 6.07) is 6.81. The number of ether oxygens (including phenoxy) is 1. The van der Waals surface area contributed by atoms with E-state index in [1.807, 2.05) is 44.2 Å². The van der Waals surface area contributed by atoms with E-state index in [2.05, 4.69) is 5.32 Å². The smallest absolute Gasteiger partial charge is 0.323 e. The number of nitrogens with two attached hydrogens (primary N) is 2. The molecule has 5 N–H and O–H groups in total. The quantitative estimate of drug-likeness (QED) is 0.500. The van der Waals surface area contributed by atoms with Gasteiger partial charge < -0.3 is 21.5 Å². The number of nitrogens with one attached hydrogen (secondary N) is 1. The van der Waals surface area contributed by atoms with Crippen LogP contribution in [0.2, 0.25) is 0 Å². The topological polar surface area (TPSA) is 125 Å². The highest BCUT2D eigenvalue weighted by Gasteiger charge is 2.24. The van der Waals surface area contributed by atoms with E-state index in [-0.39, 0.29) is 25.4 Å². The fourth-order valence-corrected chi connectivity index (χ4v) is 2.24. The normalized spacial score (nSPS) is 15.4. The van der Waals surface area contributed by atoms with Gasteiger partial charge >= 0.3 is 5.97 Å². The summed E-state index contributed by atoms with van der Waals surface area (Å²) in [5.74, 6) is -0.966. The van der Waals surface area contributed by atoms with Crippen molar-refractivity contribution < 1.29 is 19.1 Å². The van der Waals surface area contributed by atoms with E-state index in [9.17, 15) is 14.4 Å². The van der Waals surface area contributed by atoms with Gasteiger partial charge in [-0.25, -0.2) is 0 Å². The van der Waals surface area contributed by atoms with Crippen LogP contribution < -0.4 is 16.8 Å². The number of carbonyl (C=O) groups excluding carboxylic acids is 3. The Balaban J connectivity index is 2.40. The molecule has 0 spiro atoms. The SMILES string of the molecule is CC[C@H](C)[C@H](N)C(=O)N[C@H]([C]=O)CCC(N)C(=O)OCc1ccccc1. The van der Waals surface area contributed by atoms with Crippen LogP contribution in [0.5, 0.6) is 0 Å². The Bertz CT molecular complexity index is 579. The van der Waals surface area contributed by atoms with E-state index in [1.54, 1.807) is 6.29 Å². The second-order valence-corrected chi connectivity index (χ2v) is 6.37. The number of hydrogen-bond donors (Lipinski definition) is 3. The third kappa shape index (κ3) is 7.33. The highest BCUT2D eigenvalue weighted by molar-refractivity contribution is 5.84. The van der Waals surface area contributed by atoms with Gasteiger partial charge in [0.05, 0.1) is 12.1 Å². The van der Waals surface area contributed by atoms with E-state index in [1.165, 1.54) is 0 Å². The minimum Gasteiger partial charge on any atom is -0.460 e. The molecule has 0 aromatic heterocycles. The Morgan fingerprint density at radius 2 is 1.85 bits per heavy atom. The molecule has 0 bridgehead atoms. The maximum Gasteiger partial charge on any atom is 0.323 e. The summed E-state index contributed by atoms with van der Waals surface area (Å²) < 4.78 is 5.15. The molecule has 7 nitrogen and oxygen atoms in total. The second kappa shape index (κ2) is 11.4. The molecule has 0 aliphatic rings. The van der Waals surface area contributed by atoms with Crippen molar-refractivity contribution in [1.29, 1.82) is 0 Å². The molecule has 1 aromatic carbocycles. The van der Waals surface area contributed by atoms with Crippen LogP contribution in [0.15, 0.2) is 30.3 Å². The van der Waals surface area contributed by atoms with Crippen molar-refractivity contribution in [1.82, 2.24) is 5.32 Å². The first-order chi connectivity index (χ1) is 12.4. The van der Waals surface area contributed by atoms with Gasteiger partial charge in [0.25, 0.3) is 0 Å². The van der Waals surface area contributed by atoms with Crippen molar-refractivity contribution in [2.75, 3.05) is 0 Å². The zero-order valence-corrected chi connectivity index (χ0v) is 15.3. The summed E-state index contributed by atoms with van der Waals surface area (Å²) in [6.07, 6.45) is 2.88. The van der Waals surface area contributed by atoms with Crippen molar-refractivity contribution in [3.8, 4) is 0 Å². The van der Waals surface area contributed by atoms with Gasteiger partial charge in [-0.1, -0.05) is 50.6 Å². The molecule has 1 unspecified atom stereocenters. The maximum atomic E-state index is 12.0. The van der Waals surface area contributed by atoms with Gasteiger partial charge in [0.15, 0.2) is 0 Å². The molecule has 0 aliphatic carbocycles. The lowest BCUT2D eigenvalue weighted by molar-refractivity contribution is -0.146. The van der Waals surface area contributed by atoms with E-state index in [0.29, 0.717) is 0 Å². The minimum absolute atomic E-state index is 0.00229. The number of benzene rings is 1. The average Bonchev–Trinajstić information content (AvgIpc) is 2.68. The first-order valence-electron chi connectivity index (χ1n) is 8.78. The van der Waals surface area contributed by atoms with Crippen molar-refractivity contribution in [3.05, 3.63) is 35.9 Å². The summed E-state index contributed by atoms with van der Waals surface area (Å²) in [7, 11) is 0. The van der Waals surface area contributed by atoms with E-state index in [0.717, 1.165) is 12.0 Å². The molecule has 1 amide bonds. The lowest BCUT2D eigenvalue weighted by Crippen LogP contribution is -2.49. The Kier molecular flexibility index (Phi) is 9.54. The first-order valence-corrected chi connectivity index (χ1v) is 8.78. The summed E-state index contributed by atoms with van der Waals surface area (Å²) >= 11 is 0. The standard InChI is InChI=1S/C19H28N3O4/c1-3-13(2)17(21)18(24)22-15(11-23)9-10-16(20)19(25)26-12-14-7-5-4-6-8-14/h4-8,13,15-17H,3,9-10,12,20-21H2,1-2H3,(H,22,24)/t13-,15-,16?,17-/m0/s1. The first kappa shape index (κ1) is 21.8. The predicted molar refractivity (Wildman–Crippen MR) is 98.5 cm³/mol. The third-order valence-corrected chi connectivity index (χ3v) is 4.31. The Morgan fingerprint density at radius 3 is 2.42 bits per heavy atom. The predicted octanol–water partition coefficient (Wildman–Crippen LogP) is 0.805. The number of rotatable bonds is 11. The maximum absolute atomic E-state index is 12.0. The third-order valence-electron chi connectivity index (χ3n) is 4.31. The second-order valence-electron chi connectivity index (χ2n) is 6.37. The molecule has 0 saturated heterocycles. The zero-order chi connectivity index (χ0) is 19.5. The molecule has 0 heterocycles. The van der Waals surface area contributed by atoms with Gasteiger partial charge in [0, 0.05) is 0 Å². The van der Waals surface area contributed by atoms with Gasteiger partial charge in [-0.15, -0.1) is 0 Å². The molecule has 0 fully saturated rings. The molecule has 0 aliphatic heterocycles. The van der Waals surface area contributed by atoms with E-state index in [4.69, 9.17) is 16.2 Å². The van der Waals surface area contributed by atoms with E-state index >= 15 is 0 Å². The average molecular weight is 362 g/mol. The van der Waals surface area contributed by atoms with Crippen molar-refractivity contribution in [3.63, 3.8) is 0 Å². The van der Waals surface area contributed by atoms with Crippen LogP contribution in [0.1, 0.15) is 38.7 Å². The molecule has 7 heteroatoms. The number of carbonyl (C=O) groups is 2. The Morgan fingerprint density at radius 1 is 1.19 bits per heavy atom. The van der Waals surface area contributed by atoms with E-state index < -0.39 is 30.0 Å². The zero-order valence-electron chi connectivity index (χ0n) is 15.3. The highest BCUT2D eigenvalue weighted by atomic mass is 16.5. The number of hydrogen-bond acceptors (Lipinski definition) is 6. The number of esters is 1. The summed E-state index contributed by atoms with van der Waals surface area (Å²) in [4.78, 5) is 35.0. The van der Waals surface area contributed by atoms with Crippen LogP contribution in [0.25, 0.3) is 0 Å². The Labute approximate surface area is 154 Å². The lowest BCUT2D eigenvalue weighted by Gasteiger charge is -2.20. The van der Waals surface area contributed by atoms with Crippen LogP contribution in [0, 0.1) is 5.92 Å². The van der Waals surface area contributed by atoms with Crippen molar-refractivity contribution in [2.24, 2.45) is 17.4 Å². The fourth-order valence-electron chi connectivity index (χ4n) is 2.24. The molecule has 0 saturated carbocycles. The van der Waals surface area contributed by atoms with Crippen LogP contribution in [0.4, 0.5) is 0 Å². The summed E-state index contributed by atoms with van der Waals surface area (Å²) in [5, 5.41) is 2.54. The molecule has 26 heavy (non-hydrogen) atoms. The molecule has 1 radical (unpaired) electrons.